The summed E-state index contributed by atoms with van der Waals surface area (Å²) < 4.78 is 0. The van der Waals surface area contributed by atoms with Gasteiger partial charge in [-0.05, 0) is 37.9 Å². The highest BCUT2D eigenvalue weighted by Crippen LogP contribution is 2.15. The fourth-order valence-electron chi connectivity index (χ4n) is 2.95. The standard InChI is InChI=1S/C17H29N3/c1-2-10-19-12-14-20(15-13-19)11-6-9-17(18)16-7-4-3-5-8-16/h3-5,7-8,17H,2,6,9-15,18H2,1H3. The number of piperazine rings is 1. The Balaban J connectivity index is 1.62. The van der Waals surface area contributed by atoms with Gasteiger partial charge in [0.25, 0.3) is 0 Å². The molecular weight excluding hydrogens is 246 g/mol. The Morgan fingerprint density at radius 3 is 2.20 bits per heavy atom. The van der Waals surface area contributed by atoms with Gasteiger partial charge in [-0.1, -0.05) is 37.3 Å². The molecule has 0 amide bonds. The summed E-state index contributed by atoms with van der Waals surface area (Å²) in [4.78, 5) is 5.16. The first kappa shape index (κ1) is 15.5. The number of nitrogens with zero attached hydrogens (tertiary/aromatic N) is 2. The number of hydrogen-bond acceptors (Lipinski definition) is 3. The number of benzene rings is 1. The quantitative estimate of drug-likeness (QED) is 0.830. The molecule has 1 unspecified atom stereocenters. The predicted octanol–water partition coefficient (Wildman–Crippen LogP) is 2.49. The second kappa shape index (κ2) is 8.40. The third-order valence-electron chi connectivity index (χ3n) is 4.22. The molecule has 2 N–H and O–H groups in total. The average Bonchev–Trinajstić information content (AvgIpc) is 2.50. The molecule has 1 heterocycles. The molecule has 1 aliphatic heterocycles. The minimum atomic E-state index is 0.192. The Morgan fingerprint density at radius 1 is 1.00 bits per heavy atom. The molecule has 1 aromatic rings. The Labute approximate surface area is 123 Å². The van der Waals surface area contributed by atoms with Crippen molar-refractivity contribution in [3.05, 3.63) is 35.9 Å². The van der Waals surface area contributed by atoms with Crippen molar-refractivity contribution in [1.82, 2.24) is 9.80 Å². The van der Waals surface area contributed by atoms with Crippen LogP contribution in [0, 0.1) is 0 Å². The third-order valence-corrected chi connectivity index (χ3v) is 4.22. The Hall–Kier alpha value is -0.900. The maximum absolute atomic E-state index is 6.25. The Kier molecular flexibility index (Phi) is 6.51. The van der Waals surface area contributed by atoms with Gasteiger partial charge in [-0.15, -0.1) is 0 Å². The highest BCUT2D eigenvalue weighted by atomic mass is 15.3. The molecule has 0 bridgehead atoms. The van der Waals surface area contributed by atoms with Gasteiger partial charge in [0.15, 0.2) is 0 Å². The van der Waals surface area contributed by atoms with Gasteiger partial charge in [-0.3, -0.25) is 0 Å². The minimum absolute atomic E-state index is 0.192. The zero-order valence-corrected chi connectivity index (χ0v) is 12.8. The summed E-state index contributed by atoms with van der Waals surface area (Å²) in [6, 6.07) is 10.6. The largest absolute Gasteiger partial charge is 0.324 e. The van der Waals surface area contributed by atoms with Crippen molar-refractivity contribution < 1.29 is 0 Å². The maximum atomic E-state index is 6.25. The highest BCUT2D eigenvalue weighted by molar-refractivity contribution is 5.18. The number of nitrogens with two attached hydrogens (primary N) is 1. The molecular formula is C17H29N3. The summed E-state index contributed by atoms with van der Waals surface area (Å²) in [6.45, 7) is 9.63. The smallest absolute Gasteiger partial charge is 0.0295 e. The molecule has 2 rings (SSSR count). The lowest BCUT2D eigenvalue weighted by Gasteiger charge is -2.34. The Bertz CT molecular complexity index is 358. The van der Waals surface area contributed by atoms with E-state index in [-0.39, 0.29) is 6.04 Å². The van der Waals surface area contributed by atoms with Crippen molar-refractivity contribution in [3.8, 4) is 0 Å². The number of rotatable bonds is 7. The summed E-state index contributed by atoms with van der Waals surface area (Å²) in [5, 5.41) is 0. The van der Waals surface area contributed by atoms with E-state index in [0.29, 0.717) is 0 Å². The lowest BCUT2D eigenvalue weighted by molar-refractivity contribution is 0.130. The molecule has 1 aliphatic rings. The van der Waals surface area contributed by atoms with Crippen LogP contribution in [0.1, 0.15) is 37.8 Å². The minimum Gasteiger partial charge on any atom is -0.324 e. The topological polar surface area (TPSA) is 32.5 Å². The molecule has 3 nitrogen and oxygen atoms in total. The van der Waals surface area contributed by atoms with E-state index in [1.165, 1.54) is 57.7 Å². The average molecular weight is 275 g/mol. The lowest BCUT2D eigenvalue weighted by atomic mass is 10.0. The van der Waals surface area contributed by atoms with Crippen molar-refractivity contribution in [2.24, 2.45) is 5.73 Å². The van der Waals surface area contributed by atoms with Crippen molar-refractivity contribution in [3.63, 3.8) is 0 Å². The third kappa shape index (κ3) is 4.89. The fourth-order valence-corrected chi connectivity index (χ4v) is 2.95. The first-order valence-electron chi connectivity index (χ1n) is 8.05. The van der Waals surface area contributed by atoms with Gasteiger partial charge in [0.2, 0.25) is 0 Å². The van der Waals surface area contributed by atoms with Crippen molar-refractivity contribution in [1.29, 1.82) is 0 Å². The summed E-state index contributed by atoms with van der Waals surface area (Å²) >= 11 is 0. The van der Waals surface area contributed by atoms with Crippen molar-refractivity contribution >= 4 is 0 Å². The first-order valence-corrected chi connectivity index (χ1v) is 8.05. The second-order valence-corrected chi connectivity index (χ2v) is 5.84. The molecule has 3 heteroatoms. The van der Waals surface area contributed by atoms with Gasteiger partial charge < -0.3 is 15.5 Å². The van der Waals surface area contributed by atoms with Crippen LogP contribution in [-0.4, -0.2) is 49.1 Å². The summed E-state index contributed by atoms with van der Waals surface area (Å²) in [7, 11) is 0. The van der Waals surface area contributed by atoms with E-state index in [2.05, 4.69) is 41.0 Å². The van der Waals surface area contributed by atoms with Gasteiger partial charge >= 0.3 is 0 Å². The van der Waals surface area contributed by atoms with Gasteiger partial charge in [-0.2, -0.15) is 0 Å². The highest BCUT2D eigenvalue weighted by Gasteiger charge is 2.15. The lowest BCUT2D eigenvalue weighted by Crippen LogP contribution is -2.46. The molecule has 0 radical (unpaired) electrons. The van der Waals surface area contributed by atoms with E-state index < -0.39 is 0 Å². The fraction of sp³-hybridized carbons (Fsp3) is 0.647. The molecule has 1 atom stereocenters. The molecule has 0 saturated carbocycles. The maximum Gasteiger partial charge on any atom is 0.0295 e. The van der Waals surface area contributed by atoms with E-state index >= 15 is 0 Å². The molecule has 1 aromatic carbocycles. The monoisotopic (exact) mass is 275 g/mol. The molecule has 0 spiro atoms. The van der Waals surface area contributed by atoms with Crippen molar-refractivity contribution in [2.75, 3.05) is 39.3 Å². The van der Waals surface area contributed by atoms with Crippen LogP contribution in [-0.2, 0) is 0 Å². The molecule has 20 heavy (non-hydrogen) atoms. The SMILES string of the molecule is CCCN1CCN(CCCC(N)c2ccccc2)CC1. The number of hydrogen-bond donors (Lipinski definition) is 1. The summed E-state index contributed by atoms with van der Waals surface area (Å²) in [5.41, 5.74) is 7.51. The van der Waals surface area contributed by atoms with Gasteiger partial charge in [0, 0.05) is 32.2 Å². The van der Waals surface area contributed by atoms with Crippen LogP contribution in [0.3, 0.4) is 0 Å². The normalized spacial score (nSPS) is 19.1. The molecule has 1 saturated heterocycles. The van der Waals surface area contributed by atoms with Gasteiger partial charge in [-0.25, -0.2) is 0 Å². The molecule has 0 aliphatic carbocycles. The predicted molar refractivity (Wildman–Crippen MR) is 85.8 cm³/mol. The zero-order valence-electron chi connectivity index (χ0n) is 12.8. The molecule has 1 fully saturated rings. The van der Waals surface area contributed by atoms with E-state index in [9.17, 15) is 0 Å². The van der Waals surface area contributed by atoms with Crippen LogP contribution in [0.4, 0.5) is 0 Å². The van der Waals surface area contributed by atoms with Crippen LogP contribution >= 0.6 is 0 Å². The summed E-state index contributed by atoms with van der Waals surface area (Å²) in [5.74, 6) is 0. The zero-order chi connectivity index (χ0) is 14.2. The van der Waals surface area contributed by atoms with Crippen LogP contribution < -0.4 is 5.73 Å². The van der Waals surface area contributed by atoms with E-state index in [1.54, 1.807) is 0 Å². The van der Waals surface area contributed by atoms with Crippen LogP contribution in [0.5, 0.6) is 0 Å². The van der Waals surface area contributed by atoms with E-state index in [4.69, 9.17) is 5.73 Å². The van der Waals surface area contributed by atoms with Crippen molar-refractivity contribution in [2.45, 2.75) is 32.2 Å². The summed E-state index contributed by atoms with van der Waals surface area (Å²) in [6.07, 6.45) is 3.55. The molecule has 0 aromatic heterocycles. The van der Waals surface area contributed by atoms with E-state index in [1.807, 2.05) is 6.07 Å². The van der Waals surface area contributed by atoms with Crippen LogP contribution in [0.25, 0.3) is 0 Å². The van der Waals surface area contributed by atoms with E-state index in [0.717, 1.165) is 6.42 Å². The molecule has 112 valence electrons. The van der Waals surface area contributed by atoms with Crippen LogP contribution in [0.2, 0.25) is 0 Å². The van der Waals surface area contributed by atoms with Gasteiger partial charge in [0.1, 0.15) is 0 Å². The first-order chi connectivity index (χ1) is 9.79. The van der Waals surface area contributed by atoms with Crippen LogP contribution in [0.15, 0.2) is 30.3 Å². The van der Waals surface area contributed by atoms with Gasteiger partial charge in [0.05, 0.1) is 0 Å². The second-order valence-electron chi connectivity index (χ2n) is 5.84. The Morgan fingerprint density at radius 2 is 1.60 bits per heavy atom.